The third-order valence-corrected chi connectivity index (χ3v) is 3.07. The van der Waals surface area contributed by atoms with Crippen molar-refractivity contribution < 1.29 is 15.0 Å². The smallest absolute Gasteiger partial charge is 0.326 e. The molecule has 0 aromatic heterocycles. The summed E-state index contributed by atoms with van der Waals surface area (Å²) in [6.45, 7) is 0. The van der Waals surface area contributed by atoms with E-state index in [1.165, 1.54) is 0 Å². The number of hydrogen-bond donors (Lipinski definition) is 2. The van der Waals surface area contributed by atoms with Crippen LogP contribution in [0.5, 0.6) is 5.75 Å². The molecule has 1 atom stereocenters. The maximum Gasteiger partial charge on any atom is 0.326 e. The minimum atomic E-state index is -1.08. The first-order valence-corrected chi connectivity index (χ1v) is 5.78. The summed E-state index contributed by atoms with van der Waals surface area (Å²) >= 11 is 5.72. The van der Waals surface area contributed by atoms with Gasteiger partial charge in [-0.3, -0.25) is 4.79 Å². The number of phenolic OH excluding ortho intramolecular Hbond substituents is 1. The van der Waals surface area contributed by atoms with Crippen LogP contribution in [0.3, 0.4) is 0 Å². The molecular formula is C14H11ClO3. The Morgan fingerprint density at radius 3 is 2.22 bits per heavy atom. The molecule has 1 unspecified atom stereocenters. The van der Waals surface area contributed by atoms with Crippen molar-refractivity contribution in [1.29, 1.82) is 0 Å². The fourth-order valence-corrected chi connectivity index (χ4v) is 1.84. The molecule has 0 bridgehead atoms. The lowest BCUT2D eigenvalue weighted by Gasteiger charge is -2.07. The Labute approximate surface area is 109 Å². The second-order valence-corrected chi connectivity index (χ2v) is 4.28. The van der Waals surface area contributed by atoms with Gasteiger partial charge in [0.2, 0.25) is 0 Å². The van der Waals surface area contributed by atoms with Crippen LogP contribution in [0.1, 0.15) is 10.9 Å². The van der Waals surface area contributed by atoms with Gasteiger partial charge in [0.05, 0.1) is 0 Å². The number of hydrogen-bond acceptors (Lipinski definition) is 2. The molecule has 0 heterocycles. The lowest BCUT2D eigenvalue weighted by Crippen LogP contribution is -2.04. The molecule has 2 aromatic carbocycles. The van der Waals surface area contributed by atoms with Crippen LogP contribution in [0.25, 0.3) is 11.1 Å². The number of phenols is 1. The minimum absolute atomic E-state index is 0.186. The number of rotatable bonds is 3. The van der Waals surface area contributed by atoms with Crippen molar-refractivity contribution in [3.63, 3.8) is 0 Å². The largest absolute Gasteiger partial charge is 0.507 e. The van der Waals surface area contributed by atoms with E-state index >= 15 is 0 Å². The molecule has 0 aliphatic heterocycles. The molecule has 0 fully saturated rings. The van der Waals surface area contributed by atoms with Gasteiger partial charge in [0, 0.05) is 5.56 Å². The highest BCUT2D eigenvalue weighted by atomic mass is 35.5. The van der Waals surface area contributed by atoms with Gasteiger partial charge in [-0.05, 0) is 17.2 Å². The molecule has 0 aliphatic carbocycles. The number of aromatic hydroxyl groups is 1. The van der Waals surface area contributed by atoms with Crippen LogP contribution in [0.2, 0.25) is 0 Å². The zero-order chi connectivity index (χ0) is 13.1. The summed E-state index contributed by atoms with van der Waals surface area (Å²) in [4.78, 5) is 10.7. The van der Waals surface area contributed by atoms with Gasteiger partial charge in [0.15, 0.2) is 5.38 Å². The van der Waals surface area contributed by atoms with E-state index in [0.717, 1.165) is 5.56 Å². The number of carboxylic acid groups (broad SMARTS) is 1. The van der Waals surface area contributed by atoms with Crippen LogP contribution in [0, 0.1) is 0 Å². The summed E-state index contributed by atoms with van der Waals surface area (Å²) in [7, 11) is 0. The number of aliphatic carboxylic acids is 1. The second kappa shape index (κ2) is 5.10. The molecule has 92 valence electrons. The van der Waals surface area contributed by atoms with Crippen molar-refractivity contribution in [2.24, 2.45) is 0 Å². The van der Waals surface area contributed by atoms with Crippen LogP contribution in [-0.2, 0) is 4.79 Å². The van der Waals surface area contributed by atoms with Gasteiger partial charge in [0.25, 0.3) is 0 Å². The molecule has 2 N–H and O–H groups in total. The SMILES string of the molecule is O=C(O)C(Cl)c1ccc(-c2ccccc2O)cc1. The van der Waals surface area contributed by atoms with Crippen molar-refractivity contribution in [1.82, 2.24) is 0 Å². The third kappa shape index (κ3) is 2.46. The molecular weight excluding hydrogens is 252 g/mol. The maximum atomic E-state index is 10.7. The van der Waals surface area contributed by atoms with Gasteiger partial charge in [0.1, 0.15) is 5.75 Å². The number of alkyl halides is 1. The Bertz CT molecular complexity index is 564. The highest BCUT2D eigenvalue weighted by Gasteiger charge is 2.16. The van der Waals surface area contributed by atoms with Crippen LogP contribution >= 0.6 is 11.6 Å². The standard InChI is InChI=1S/C14H11ClO3/c15-13(14(17)18)10-7-5-9(6-8-10)11-3-1-2-4-12(11)16/h1-8,13,16H,(H,17,18). The third-order valence-electron chi connectivity index (χ3n) is 2.64. The van der Waals surface area contributed by atoms with Crippen molar-refractivity contribution in [3.8, 4) is 16.9 Å². The summed E-state index contributed by atoms with van der Waals surface area (Å²) in [5.41, 5.74) is 2.03. The maximum absolute atomic E-state index is 10.7. The number of carbonyl (C=O) groups is 1. The Kier molecular flexibility index (Phi) is 3.53. The lowest BCUT2D eigenvalue weighted by atomic mass is 10.0. The quantitative estimate of drug-likeness (QED) is 0.834. The molecule has 0 saturated carbocycles. The van der Waals surface area contributed by atoms with Crippen LogP contribution in [-0.4, -0.2) is 16.2 Å². The Balaban J connectivity index is 2.34. The Morgan fingerprint density at radius 1 is 1.06 bits per heavy atom. The topological polar surface area (TPSA) is 57.5 Å². The molecule has 0 radical (unpaired) electrons. The molecule has 2 rings (SSSR count). The first-order chi connectivity index (χ1) is 8.59. The number of para-hydroxylation sites is 1. The van der Waals surface area contributed by atoms with E-state index in [-0.39, 0.29) is 5.75 Å². The van der Waals surface area contributed by atoms with E-state index in [1.54, 1.807) is 42.5 Å². The molecule has 4 heteroatoms. The zero-order valence-corrected chi connectivity index (χ0v) is 10.1. The van der Waals surface area contributed by atoms with Crippen LogP contribution in [0.4, 0.5) is 0 Å². The summed E-state index contributed by atoms with van der Waals surface area (Å²) in [5.74, 6) is -0.891. The predicted molar refractivity (Wildman–Crippen MR) is 69.8 cm³/mol. The van der Waals surface area contributed by atoms with Gasteiger partial charge in [-0.1, -0.05) is 42.5 Å². The van der Waals surface area contributed by atoms with Crippen molar-refractivity contribution in [3.05, 3.63) is 54.1 Å². The highest BCUT2D eigenvalue weighted by Crippen LogP contribution is 2.30. The van der Waals surface area contributed by atoms with Crippen molar-refractivity contribution in [2.45, 2.75) is 5.38 Å². The fraction of sp³-hybridized carbons (Fsp3) is 0.0714. The fourth-order valence-electron chi connectivity index (χ4n) is 1.69. The minimum Gasteiger partial charge on any atom is -0.507 e. The van der Waals surface area contributed by atoms with Crippen molar-refractivity contribution in [2.75, 3.05) is 0 Å². The van der Waals surface area contributed by atoms with Crippen LogP contribution in [0.15, 0.2) is 48.5 Å². The average molecular weight is 263 g/mol. The monoisotopic (exact) mass is 262 g/mol. The van der Waals surface area contributed by atoms with E-state index in [4.69, 9.17) is 16.7 Å². The van der Waals surface area contributed by atoms with Gasteiger partial charge < -0.3 is 10.2 Å². The lowest BCUT2D eigenvalue weighted by molar-refractivity contribution is -0.136. The van der Waals surface area contributed by atoms with Crippen molar-refractivity contribution >= 4 is 17.6 Å². The van der Waals surface area contributed by atoms with E-state index in [9.17, 15) is 9.90 Å². The highest BCUT2D eigenvalue weighted by molar-refractivity contribution is 6.29. The summed E-state index contributed by atoms with van der Waals surface area (Å²) in [6.07, 6.45) is 0. The summed E-state index contributed by atoms with van der Waals surface area (Å²) < 4.78 is 0. The number of benzene rings is 2. The number of carboxylic acids is 1. The van der Waals surface area contributed by atoms with Gasteiger partial charge in [-0.2, -0.15) is 0 Å². The van der Waals surface area contributed by atoms with E-state index in [2.05, 4.69) is 0 Å². The normalized spacial score (nSPS) is 12.1. The summed E-state index contributed by atoms with van der Waals surface area (Å²) in [5, 5.41) is 17.5. The second-order valence-electron chi connectivity index (χ2n) is 3.84. The molecule has 0 spiro atoms. The first kappa shape index (κ1) is 12.5. The molecule has 2 aromatic rings. The molecule has 3 nitrogen and oxygen atoms in total. The first-order valence-electron chi connectivity index (χ1n) is 5.35. The van der Waals surface area contributed by atoms with Gasteiger partial charge in [-0.25, -0.2) is 0 Å². The predicted octanol–water partition coefficient (Wildman–Crippen LogP) is 3.42. The van der Waals surface area contributed by atoms with Gasteiger partial charge in [-0.15, -0.1) is 11.6 Å². The summed E-state index contributed by atoms with van der Waals surface area (Å²) in [6, 6.07) is 13.7. The Morgan fingerprint density at radius 2 is 1.67 bits per heavy atom. The molecule has 0 aliphatic rings. The van der Waals surface area contributed by atoms with E-state index in [0.29, 0.717) is 11.1 Å². The van der Waals surface area contributed by atoms with E-state index < -0.39 is 11.3 Å². The molecule has 0 amide bonds. The zero-order valence-electron chi connectivity index (χ0n) is 9.38. The Hall–Kier alpha value is -2.00. The number of halogens is 1. The van der Waals surface area contributed by atoms with Gasteiger partial charge >= 0.3 is 5.97 Å². The van der Waals surface area contributed by atoms with E-state index in [1.807, 2.05) is 6.07 Å². The molecule has 0 saturated heterocycles. The molecule has 18 heavy (non-hydrogen) atoms. The average Bonchev–Trinajstić information content (AvgIpc) is 2.38. The van der Waals surface area contributed by atoms with Crippen LogP contribution < -0.4 is 0 Å².